The lowest BCUT2D eigenvalue weighted by atomic mass is 10.1. The number of hydrogen-bond donors (Lipinski definition) is 2. The van der Waals surface area contributed by atoms with Gasteiger partial charge in [-0.25, -0.2) is 9.97 Å². The molecular weight excluding hydrogens is 293 g/mol. The van der Waals surface area contributed by atoms with Crippen LogP contribution in [0.15, 0.2) is 42.2 Å². The Bertz CT molecular complexity index is 669. The second-order valence-corrected chi connectivity index (χ2v) is 4.95. The van der Waals surface area contributed by atoms with Crippen molar-refractivity contribution in [3.8, 4) is 0 Å². The van der Waals surface area contributed by atoms with Gasteiger partial charge in [-0.3, -0.25) is 0 Å². The van der Waals surface area contributed by atoms with Crippen molar-refractivity contribution in [3.05, 3.63) is 53.4 Å². The summed E-state index contributed by atoms with van der Waals surface area (Å²) in [6.45, 7) is 1.83. The molecule has 0 amide bonds. The summed E-state index contributed by atoms with van der Waals surface area (Å²) in [7, 11) is 0. The second-order valence-electron chi connectivity index (χ2n) is 4.95. The highest BCUT2D eigenvalue weighted by atomic mass is 19.4. The summed E-state index contributed by atoms with van der Waals surface area (Å²) in [5.41, 5.74) is 2.27. The number of nitrogens with one attached hydrogen (secondary N) is 2. The van der Waals surface area contributed by atoms with Gasteiger partial charge in [-0.2, -0.15) is 13.2 Å². The number of alkyl halides is 3. The second kappa shape index (κ2) is 5.76. The minimum absolute atomic E-state index is 0.127. The van der Waals surface area contributed by atoms with Gasteiger partial charge in [0.2, 0.25) is 5.95 Å². The highest BCUT2D eigenvalue weighted by Gasteiger charge is 2.31. The van der Waals surface area contributed by atoms with E-state index in [1.54, 1.807) is 0 Å². The molecule has 0 bridgehead atoms. The molecule has 0 spiro atoms. The summed E-state index contributed by atoms with van der Waals surface area (Å²) in [4.78, 5) is 7.34. The van der Waals surface area contributed by atoms with Gasteiger partial charge < -0.3 is 10.6 Å². The first-order valence-electron chi connectivity index (χ1n) is 6.67. The molecule has 0 saturated carbocycles. The third kappa shape index (κ3) is 3.43. The van der Waals surface area contributed by atoms with Crippen LogP contribution in [0.25, 0.3) is 6.08 Å². The van der Waals surface area contributed by atoms with Crippen molar-refractivity contribution in [1.29, 1.82) is 0 Å². The van der Waals surface area contributed by atoms with E-state index in [0.717, 1.165) is 31.0 Å². The largest absolute Gasteiger partial charge is 0.419 e. The van der Waals surface area contributed by atoms with Crippen LogP contribution in [0, 0.1) is 0 Å². The van der Waals surface area contributed by atoms with Crippen molar-refractivity contribution in [2.45, 2.75) is 6.18 Å². The van der Waals surface area contributed by atoms with Crippen LogP contribution in [-0.2, 0) is 6.18 Å². The molecule has 4 nitrogen and oxygen atoms in total. The Labute approximate surface area is 125 Å². The Kier molecular flexibility index (Phi) is 3.81. The van der Waals surface area contributed by atoms with E-state index in [1.165, 1.54) is 5.57 Å². The van der Waals surface area contributed by atoms with Gasteiger partial charge in [0.05, 0.1) is 5.56 Å². The van der Waals surface area contributed by atoms with Gasteiger partial charge in [-0.15, -0.1) is 0 Å². The van der Waals surface area contributed by atoms with E-state index in [1.807, 2.05) is 24.3 Å². The summed E-state index contributed by atoms with van der Waals surface area (Å²) in [6, 6.07) is 7.52. The first-order valence-corrected chi connectivity index (χ1v) is 6.67. The minimum atomic E-state index is -4.43. The van der Waals surface area contributed by atoms with E-state index in [0.29, 0.717) is 5.69 Å². The molecule has 0 radical (unpaired) electrons. The van der Waals surface area contributed by atoms with Gasteiger partial charge in [-0.1, -0.05) is 18.2 Å². The topological polar surface area (TPSA) is 49.8 Å². The Balaban J connectivity index is 1.67. The Morgan fingerprint density at radius 1 is 1.05 bits per heavy atom. The van der Waals surface area contributed by atoms with Crippen molar-refractivity contribution in [2.24, 2.45) is 0 Å². The minimum Gasteiger partial charge on any atom is -0.324 e. The Hall–Kier alpha value is -2.41. The fourth-order valence-corrected chi connectivity index (χ4v) is 1.94. The normalized spacial score (nSPS) is 14.4. The van der Waals surface area contributed by atoms with Crippen molar-refractivity contribution < 1.29 is 13.2 Å². The van der Waals surface area contributed by atoms with Crippen LogP contribution in [-0.4, -0.2) is 23.1 Å². The lowest BCUT2D eigenvalue weighted by molar-refractivity contribution is -0.138. The van der Waals surface area contributed by atoms with Crippen LogP contribution < -0.4 is 10.6 Å². The zero-order chi connectivity index (χ0) is 15.6. The SMILES string of the molecule is FC(F)(F)c1cnc(Nc2ccc(C=C3CNC3)cc2)nc1. The Morgan fingerprint density at radius 2 is 1.68 bits per heavy atom. The molecule has 0 aliphatic carbocycles. The molecule has 1 aliphatic heterocycles. The van der Waals surface area contributed by atoms with Crippen molar-refractivity contribution in [3.63, 3.8) is 0 Å². The first-order chi connectivity index (χ1) is 10.5. The van der Waals surface area contributed by atoms with Crippen LogP contribution in [0.3, 0.4) is 0 Å². The number of anilines is 2. The number of aromatic nitrogens is 2. The molecule has 0 unspecified atom stereocenters. The molecule has 1 aromatic carbocycles. The molecule has 7 heteroatoms. The van der Waals surface area contributed by atoms with Crippen LogP contribution in [0.2, 0.25) is 0 Å². The summed E-state index contributed by atoms with van der Waals surface area (Å²) in [6.07, 6.45) is -0.797. The molecule has 1 fully saturated rings. The quantitative estimate of drug-likeness (QED) is 0.914. The van der Waals surface area contributed by atoms with Crippen LogP contribution in [0.5, 0.6) is 0 Å². The molecule has 2 heterocycles. The Morgan fingerprint density at radius 3 is 2.18 bits per heavy atom. The highest BCUT2D eigenvalue weighted by Crippen LogP contribution is 2.28. The van der Waals surface area contributed by atoms with E-state index in [-0.39, 0.29) is 5.95 Å². The highest BCUT2D eigenvalue weighted by molar-refractivity contribution is 5.60. The van der Waals surface area contributed by atoms with Crippen LogP contribution >= 0.6 is 0 Å². The zero-order valence-corrected chi connectivity index (χ0v) is 11.5. The maximum absolute atomic E-state index is 12.4. The fourth-order valence-electron chi connectivity index (χ4n) is 1.94. The van der Waals surface area contributed by atoms with Gasteiger partial charge in [0.25, 0.3) is 0 Å². The molecule has 1 saturated heterocycles. The van der Waals surface area contributed by atoms with E-state index in [9.17, 15) is 13.2 Å². The van der Waals surface area contributed by atoms with Gasteiger partial charge in [0, 0.05) is 31.2 Å². The molecule has 2 N–H and O–H groups in total. The summed E-state index contributed by atoms with van der Waals surface area (Å²) < 4.78 is 37.3. The smallest absolute Gasteiger partial charge is 0.324 e. The maximum atomic E-state index is 12.4. The molecule has 0 atom stereocenters. The molecule has 1 aliphatic rings. The lowest BCUT2D eigenvalue weighted by Gasteiger charge is -2.18. The molecular formula is C15H13F3N4. The van der Waals surface area contributed by atoms with Crippen LogP contribution in [0.4, 0.5) is 24.8 Å². The van der Waals surface area contributed by atoms with E-state index < -0.39 is 11.7 Å². The van der Waals surface area contributed by atoms with Crippen LogP contribution in [0.1, 0.15) is 11.1 Å². The predicted molar refractivity (Wildman–Crippen MR) is 77.6 cm³/mol. The first kappa shape index (κ1) is 14.5. The summed E-state index contributed by atoms with van der Waals surface area (Å²) in [5.74, 6) is 0.127. The maximum Gasteiger partial charge on any atom is 0.419 e. The zero-order valence-electron chi connectivity index (χ0n) is 11.5. The summed E-state index contributed by atoms with van der Waals surface area (Å²) in [5, 5.41) is 6.03. The lowest BCUT2D eigenvalue weighted by Crippen LogP contribution is -2.33. The average molecular weight is 306 g/mol. The number of halogens is 3. The third-order valence-corrected chi connectivity index (χ3v) is 3.22. The predicted octanol–water partition coefficient (Wildman–Crippen LogP) is 3.23. The molecule has 1 aromatic heterocycles. The number of rotatable bonds is 3. The van der Waals surface area contributed by atoms with Gasteiger partial charge in [0.15, 0.2) is 0 Å². The van der Waals surface area contributed by atoms with Crippen molar-refractivity contribution in [1.82, 2.24) is 15.3 Å². The standard InChI is InChI=1S/C15H13F3N4/c16-15(17,18)12-8-20-14(21-9-12)22-13-3-1-10(2-4-13)5-11-6-19-7-11/h1-5,8-9,19H,6-7H2,(H,20,21,22). The summed E-state index contributed by atoms with van der Waals surface area (Å²) >= 11 is 0. The molecule has 114 valence electrons. The molecule has 2 aromatic rings. The van der Waals surface area contributed by atoms with Gasteiger partial charge in [0.1, 0.15) is 0 Å². The van der Waals surface area contributed by atoms with Gasteiger partial charge >= 0.3 is 6.18 Å². The van der Waals surface area contributed by atoms with E-state index in [2.05, 4.69) is 26.7 Å². The number of benzene rings is 1. The van der Waals surface area contributed by atoms with E-state index >= 15 is 0 Å². The average Bonchev–Trinajstić information content (AvgIpc) is 2.44. The third-order valence-electron chi connectivity index (χ3n) is 3.22. The fraction of sp³-hybridized carbons (Fsp3) is 0.200. The monoisotopic (exact) mass is 306 g/mol. The van der Waals surface area contributed by atoms with Gasteiger partial charge in [-0.05, 0) is 23.3 Å². The van der Waals surface area contributed by atoms with Crippen molar-refractivity contribution in [2.75, 3.05) is 18.4 Å². The number of hydrogen-bond acceptors (Lipinski definition) is 4. The molecule has 3 rings (SSSR count). The van der Waals surface area contributed by atoms with Crippen molar-refractivity contribution >= 4 is 17.7 Å². The molecule has 22 heavy (non-hydrogen) atoms. The van der Waals surface area contributed by atoms with E-state index in [4.69, 9.17) is 0 Å². The number of nitrogens with zero attached hydrogens (tertiary/aromatic N) is 2.